The van der Waals surface area contributed by atoms with Crippen LogP contribution in [-0.2, 0) is 5.41 Å². The Morgan fingerprint density at radius 1 is 1.53 bits per heavy atom. The van der Waals surface area contributed by atoms with Crippen molar-refractivity contribution in [1.82, 2.24) is 0 Å². The molecule has 0 saturated heterocycles. The summed E-state index contributed by atoms with van der Waals surface area (Å²) >= 11 is 0. The summed E-state index contributed by atoms with van der Waals surface area (Å²) in [6.07, 6.45) is 0. The summed E-state index contributed by atoms with van der Waals surface area (Å²) < 4.78 is 4.92. The smallest absolute Gasteiger partial charge is 0.314 e. The molecule has 0 bridgehead atoms. The van der Waals surface area contributed by atoms with Crippen LogP contribution < -0.4 is 10.5 Å². The summed E-state index contributed by atoms with van der Waals surface area (Å²) in [5.41, 5.74) is 5.48. The Bertz CT molecular complexity index is 443. The van der Waals surface area contributed by atoms with E-state index in [4.69, 9.17) is 10.5 Å². The van der Waals surface area contributed by atoms with E-state index in [1.54, 1.807) is 6.07 Å². The van der Waals surface area contributed by atoms with E-state index < -0.39 is 16.1 Å². The van der Waals surface area contributed by atoms with Crippen LogP contribution in [-0.4, -0.2) is 23.7 Å². The number of nitro groups is 1. The van der Waals surface area contributed by atoms with E-state index in [9.17, 15) is 15.2 Å². The van der Waals surface area contributed by atoms with Crippen LogP contribution in [0.1, 0.15) is 19.4 Å². The molecule has 0 aliphatic rings. The molecule has 0 fully saturated rings. The number of phenols is 1. The zero-order chi connectivity index (χ0) is 13.2. The van der Waals surface area contributed by atoms with Crippen molar-refractivity contribution in [3.63, 3.8) is 0 Å². The minimum Gasteiger partial charge on any atom is -0.500 e. The van der Waals surface area contributed by atoms with Gasteiger partial charge in [0.05, 0.1) is 12.0 Å². The van der Waals surface area contributed by atoms with Crippen LogP contribution in [0, 0.1) is 10.1 Å². The summed E-state index contributed by atoms with van der Waals surface area (Å²) in [5.74, 6) is -0.384. The van der Waals surface area contributed by atoms with Gasteiger partial charge in [0.25, 0.3) is 0 Å². The SMILES string of the molecule is COc1cc(C(C)(C)CN)cc([N+](=O)[O-])c1O. The molecule has 0 aliphatic carbocycles. The summed E-state index contributed by atoms with van der Waals surface area (Å²) in [7, 11) is 1.35. The van der Waals surface area contributed by atoms with E-state index in [0.717, 1.165) is 0 Å². The first kappa shape index (κ1) is 13.2. The molecule has 1 aromatic carbocycles. The van der Waals surface area contributed by atoms with Crippen molar-refractivity contribution in [2.75, 3.05) is 13.7 Å². The zero-order valence-corrected chi connectivity index (χ0v) is 10.1. The Morgan fingerprint density at radius 2 is 2.12 bits per heavy atom. The Hall–Kier alpha value is -1.82. The van der Waals surface area contributed by atoms with Gasteiger partial charge in [-0.05, 0) is 11.6 Å². The maximum atomic E-state index is 10.8. The normalized spacial score (nSPS) is 11.3. The monoisotopic (exact) mass is 240 g/mol. The number of nitrogens with two attached hydrogens (primary N) is 1. The van der Waals surface area contributed by atoms with E-state index in [1.807, 2.05) is 13.8 Å². The third-order valence-corrected chi connectivity index (χ3v) is 2.76. The number of hydrogen-bond donors (Lipinski definition) is 2. The van der Waals surface area contributed by atoms with Gasteiger partial charge in [0.2, 0.25) is 5.75 Å². The summed E-state index contributed by atoms with van der Waals surface area (Å²) in [6, 6.07) is 2.89. The molecule has 0 amide bonds. The van der Waals surface area contributed by atoms with Crippen molar-refractivity contribution in [1.29, 1.82) is 0 Å². The molecule has 0 unspecified atom stereocenters. The molecule has 0 atom stereocenters. The molecule has 17 heavy (non-hydrogen) atoms. The van der Waals surface area contributed by atoms with Crippen LogP contribution in [0.15, 0.2) is 12.1 Å². The van der Waals surface area contributed by atoms with Crippen molar-refractivity contribution < 1.29 is 14.8 Å². The van der Waals surface area contributed by atoms with Crippen LogP contribution in [0.3, 0.4) is 0 Å². The average molecular weight is 240 g/mol. The van der Waals surface area contributed by atoms with Gasteiger partial charge in [-0.3, -0.25) is 10.1 Å². The molecule has 6 heteroatoms. The number of benzene rings is 1. The number of methoxy groups -OCH3 is 1. The lowest BCUT2D eigenvalue weighted by Crippen LogP contribution is -2.28. The number of nitro benzene ring substituents is 1. The second-order valence-electron chi connectivity index (χ2n) is 4.39. The fraction of sp³-hybridized carbons (Fsp3) is 0.455. The third kappa shape index (κ3) is 2.47. The molecule has 6 nitrogen and oxygen atoms in total. The minimum absolute atomic E-state index is 0.0794. The van der Waals surface area contributed by atoms with Crippen LogP contribution >= 0.6 is 0 Å². The quantitative estimate of drug-likeness (QED) is 0.614. The van der Waals surface area contributed by atoms with Crippen LogP contribution in [0.2, 0.25) is 0 Å². The molecular formula is C11H16N2O4. The molecule has 94 valence electrons. The second kappa shape index (κ2) is 4.58. The van der Waals surface area contributed by atoms with Gasteiger partial charge in [0, 0.05) is 18.0 Å². The molecule has 1 rings (SSSR count). The molecule has 0 radical (unpaired) electrons. The van der Waals surface area contributed by atoms with Crippen LogP contribution in [0.4, 0.5) is 5.69 Å². The van der Waals surface area contributed by atoms with E-state index in [0.29, 0.717) is 12.1 Å². The Morgan fingerprint density at radius 3 is 2.53 bits per heavy atom. The first-order valence-electron chi connectivity index (χ1n) is 5.09. The van der Waals surface area contributed by atoms with Crippen molar-refractivity contribution in [3.05, 3.63) is 27.8 Å². The third-order valence-electron chi connectivity index (χ3n) is 2.76. The lowest BCUT2D eigenvalue weighted by Gasteiger charge is -2.23. The van der Waals surface area contributed by atoms with E-state index in [1.165, 1.54) is 13.2 Å². The zero-order valence-electron chi connectivity index (χ0n) is 10.1. The Kier molecular flexibility index (Phi) is 3.57. The highest BCUT2D eigenvalue weighted by atomic mass is 16.6. The summed E-state index contributed by atoms with van der Waals surface area (Å²) in [6.45, 7) is 4.06. The Balaban J connectivity index is 3.45. The summed E-state index contributed by atoms with van der Waals surface area (Å²) in [5, 5.41) is 20.4. The predicted molar refractivity (Wildman–Crippen MR) is 63.4 cm³/mol. The molecular weight excluding hydrogens is 224 g/mol. The number of phenolic OH excluding ortho intramolecular Hbond substituents is 1. The minimum atomic E-state index is -0.645. The number of nitrogens with zero attached hydrogens (tertiary/aromatic N) is 1. The molecule has 1 aromatic rings. The average Bonchev–Trinajstić information content (AvgIpc) is 2.28. The highest BCUT2D eigenvalue weighted by Gasteiger charge is 2.26. The molecule has 0 aromatic heterocycles. The van der Waals surface area contributed by atoms with Crippen molar-refractivity contribution in [3.8, 4) is 11.5 Å². The number of ether oxygens (including phenoxy) is 1. The highest BCUT2D eigenvalue weighted by molar-refractivity contribution is 5.58. The van der Waals surface area contributed by atoms with Gasteiger partial charge in [-0.1, -0.05) is 13.8 Å². The lowest BCUT2D eigenvalue weighted by molar-refractivity contribution is -0.386. The van der Waals surface area contributed by atoms with Crippen molar-refractivity contribution >= 4 is 5.69 Å². The van der Waals surface area contributed by atoms with Gasteiger partial charge >= 0.3 is 5.69 Å². The molecule has 0 spiro atoms. The topological polar surface area (TPSA) is 98.6 Å². The van der Waals surface area contributed by atoms with Gasteiger partial charge in [-0.2, -0.15) is 0 Å². The number of hydrogen-bond acceptors (Lipinski definition) is 5. The highest BCUT2D eigenvalue weighted by Crippen LogP contribution is 2.39. The van der Waals surface area contributed by atoms with E-state index >= 15 is 0 Å². The predicted octanol–water partition coefficient (Wildman–Crippen LogP) is 1.55. The second-order valence-corrected chi connectivity index (χ2v) is 4.39. The van der Waals surface area contributed by atoms with Gasteiger partial charge in [0.1, 0.15) is 0 Å². The van der Waals surface area contributed by atoms with Gasteiger partial charge in [-0.25, -0.2) is 0 Å². The van der Waals surface area contributed by atoms with Crippen molar-refractivity contribution in [2.45, 2.75) is 19.3 Å². The first-order valence-corrected chi connectivity index (χ1v) is 5.09. The van der Waals surface area contributed by atoms with E-state index in [-0.39, 0.29) is 11.4 Å². The first-order chi connectivity index (χ1) is 7.83. The lowest BCUT2D eigenvalue weighted by atomic mass is 9.84. The van der Waals surface area contributed by atoms with Crippen molar-refractivity contribution in [2.24, 2.45) is 5.73 Å². The van der Waals surface area contributed by atoms with Gasteiger partial charge < -0.3 is 15.6 Å². The largest absolute Gasteiger partial charge is 0.500 e. The van der Waals surface area contributed by atoms with Gasteiger partial charge in [-0.15, -0.1) is 0 Å². The molecule has 0 saturated carbocycles. The molecule has 0 aliphatic heterocycles. The van der Waals surface area contributed by atoms with Crippen LogP contribution in [0.5, 0.6) is 11.5 Å². The maximum Gasteiger partial charge on any atom is 0.314 e. The number of aromatic hydroxyl groups is 1. The Labute approximate surface area is 99.2 Å². The fourth-order valence-corrected chi connectivity index (χ4v) is 1.40. The molecule has 0 heterocycles. The number of rotatable bonds is 4. The van der Waals surface area contributed by atoms with E-state index in [2.05, 4.69) is 0 Å². The van der Waals surface area contributed by atoms with Crippen LogP contribution in [0.25, 0.3) is 0 Å². The maximum absolute atomic E-state index is 10.8. The molecule has 3 N–H and O–H groups in total. The fourth-order valence-electron chi connectivity index (χ4n) is 1.40. The standard InChI is InChI=1S/C11H16N2O4/c1-11(2,6-12)7-4-8(13(15)16)10(14)9(5-7)17-3/h4-5,14H,6,12H2,1-3H3. The van der Waals surface area contributed by atoms with Gasteiger partial charge in [0.15, 0.2) is 5.75 Å². The summed E-state index contributed by atoms with van der Waals surface area (Å²) in [4.78, 5) is 10.2.